The lowest BCUT2D eigenvalue weighted by molar-refractivity contribution is 0.133. The standard InChI is InChI=1S/C12H18N2OS/c1-2-9-7-16-12(13-9)14-5-8-3-4-11(15)10(8)6-14/h7-8,10-11,15H,2-6H2,1H3. The maximum absolute atomic E-state index is 9.87. The van der Waals surface area contributed by atoms with Gasteiger partial charge in [-0.1, -0.05) is 6.92 Å². The lowest BCUT2D eigenvalue weighted by Gasteiger charge is -2.16. The Balaban J connectivity index is 1.74. The van der Waals surface area contributed by atoms with Crippen LogP contribution in [0.15, 0.2) is 5.38 Å². The number of aryl methyl sites for hydroxylation is 1. The molecule has 0 bridgehead atoms. The Bertz CT molecular complexity index is 379. The third-order valence-corrected chi connectivity index (χ3v) is 4.94. The number of thiazole rings is 1. The molecule has 0 spiro atoms. The molecule has 2 fully saturated rings. The molecule has 0 aromatic carbocycles. The Morgan fingerprint density at radius 2 is 2.38 bits per heavy atom. The quantitative estimate of drug-likeness (QED) is 0.855. The molecule has 16 heavy (non-hydrogen) atoms. The van der Waals surface area contributed by atoms with E-state index in [1.54, 1.807) is 11.3 Å². The van der Waals surface area contributed by atoms with E-state index in [0.29, 0.717) is 11.8 Å². The average molecular weight is 238 g/mol. The van der Waals surface area contributed by atoms with Crippen LogP contribution in [0, 0.1) is 11.8 Å². The van der Waals surface area contributed by atoms with Gasteiger partial charge in [0.05, 0.1) is 11.8 Å². The molecule has 0 amide bonds. The van der Waals surface area contributed by atoms with Crippen molar-refractivity contribution in [3.05, 3.63) is 11.1 Å². The first kappa shape index (κ1) is 10.5. The highest BCUT2D eigenvalue weighted by atomic mass is 32.1. The van der Waals surface area contributed by atoms with Crippen LogP contribution in [-0.4, -0.2) is 29.3 Å². The molecular weight excluding hydrogens is 220 g/mol. The predicted octanol–water partition coefficient (Wildman–Crippen LogP) is 1.91. The zero-order valence-electron chi connectivity index (χ0n) is 9.59. The van der Waals surface area contributed by atoms with Crippen LogP contribution < -0.4 is 4.90 Å². The van der Waals surface area contributed by atoms with Gasteiger partial charge in [0.1, 0.15) is 0 Å². The van der Waals surface area contributed by atoms with E-state index in [-0.39, 0.29) is 6.10 Å². The largest absolute Gasteiger partial charge is 0.393 e. The van der Waals surface area contributed by atoms with Crippen LogP contribution in [0.3, 0.4) is 0 Å². The van der Waals surface area contributed by atoms with E-state index in [4.69, 9.17) is 0 Å². The average Bonchev–Trinajstić information content (AvgIpc) is 2.95. The molecule has 4 heteroatoms. The molecule has 88 valence electrons. The molecule has 1 saturated heterocycles. The minimum atomic E-state index is -0.0689. The summed E-state index contributed by atoms with van der Waals surface area (Å²) in [4.78, 5) is 6.99. The van der Waals surface area contributed by atoms with Gasteiger partial charge in [-0.2, -0.15) is 0 Å². The van der Waals surface area contributed by atoms with E-state index in [9.17, 15) is 5.11 Å². The molecule has 3 unspecified atom stereocenters. The fraction of sp³-hybridized carbons (Fsp3) is 0.750. The topological polar surface area (TPSA) is 36.4 Å². The Kier molecular flexibility index (Phi) is 2.64. The first-order chi connectivity index (χ1) is 7.78. The van der Waals surface area contributed by atoms with Crippen molar-refractivity contribution in [2.24, 2.45) is 11.8 Å². The van der Waals surface area contributed by atoms with Crippen molar-refractivity contribution in [2.45, 2.75) is 32.3 Å². The molecule has 1 aromatic heterocycles. The van der Waals surface area contributed by atoms with Crippen LogP contribution in [0.25, 0.3) is 0 Å². The molecule has 3 rings (SSSR count). The van der Waals surface area contributed by atoms with Crippen molar-refractivity contribution in [2.75, 3.05) is 18.0 Å². The monoisotopic (exact) mass is 238 g/mol. The first-order valence-corrected chi connectivity index (χ1v) is 7.03. The smallest absolute Gasteiger partial charge is 0.185 e. The Morgan fingerprint density at radius 3 is 3.06 bits per heavy atom. The minimum absolute atomic E-state index is 0.0689. The van der Waals surface area contributed by atoms with Crippen LogP contribution in [-0.2, 0) is 6.42 Å². The Hall–Kier alpha value is -0.610. The van der Waals surface area contributed by atoms with Crippen LogP contribution in [0.2, 0.25) is 0 Å². The van der Waals surface area contributed by atoms with Gasteiger partial charge in [-0.3, -0.25) is 0 Å². The number of hydrogen-bond donors (Lipinski definition) is 1. The minimum Gasteiger partial charge on any atom is -0.393 e. The highest BCUT2D eigenvalue weighted by Gasteiger charge is 2.42. The van der Waals surface area contributed by atoms with Gasteiger partial charge in [0, 0.05) is 24.4 Å². The number of aromatic nitrogens is 1. The van der Waals surface area contributed by atoms with E-state index >= 15 is 0 Å². The molecule has 2 heterocycles. The molecule has 1 aromatic rings. The van der Waals surface area contributed by atoms with E-state index in [1.165, 1.54) is 12.1 Å². The first-order valence-electron chi connectivity index (χ1n) is 6.15. The fourth-order valence-electron chi connectivity index (χ4n) is 3.00. The van der Waals surface area contributed by atoms with Gasteiger partial charge in [-0.15, -0.1) is 11.3 Å². The van der Waals surface area contributed by atoms with Crippen molar-refractivity contribution < 1.29 is 5.11 Å². The molecule has 3 atom stereocenters. The number of fused-ring (bicyclic) bond motifs is 1. The van der Waals surface area contributed by atoms with Crippen molar-refractivity contribution in [1.29, 1.82) is 0 Å². The summed E-state index contributed by atoms with van der Waals surface area (Å²) in [6.45, 7) is 4.24. The fourth-order valence-corrected chi connectivity index (χ4v) is 3.93. The Morgan fingerprint density at radius 1 is 1.50 bits per heavy atom. The molecule has 2 aliphatic rings. The number of aliphatic hydroxyl groups excluding tert-OH is 1. The summed E-state index contributed by atoms with van der Waals surface area (Å²) in [5.41, 5.74) is 1.19. The van der Waals surface area contributed by atoms with Crippen molar-refractivity contribution in [1.82, 2.24) is 4.98 Å². The van der Waals surface area contributed by atoms with Gasteiger partial charge in [0.25, 0.3) is 0 Å². The summed E-state index contributed by atoms with van der Waals surface area (Å²) in [5.74, 6) is 1.19. The molecule has 1 aliphatic heterocycles. The maximum Gasteiger partial charge on any atom is 0.185 e. The third-order valence-electron chi connectivity index (χ3n) is 3.99. The number of hydrogen-bond acceptors (Lipinski definition) is 4. The summed E-state index contributed by atoms with van der Waals surface area (Å²) in [6, 6.07) is 0. The summed E-state index contributed by atoms with van der Waals surface area (Å²) >= 11 is 1.74. The summed E-state index contributed by atoms with van der Waals surface area (Å²) < 4.78 is 0. The van der Waals surface area contributed by atoms with E-state index < -0.39 is 0 Å². The molecule has 0 radical (unpaired) electrons. The summed E-state index contributed by atoms with van der Waals surface area (Å²) in [6.07, 6.45) is 3.13. The summed E-state index contributed by atoms with van der Waals surface area (Å²) in [5, 5.41) is 13.2. The zero-order chi connectivity index (χ0) is 11.1. The second-order valence-electron chi connectivity index (χ2n) is 4.95. The van der Waals surface area contributed by atoms with Gasteiger partial charge in [0.15, 0.2) is 5.13 Å². The maximum atomic E-state index is 9.87. The van der Waals surface area contributed by atoms with E-state index in [2.05, 4.69) is 22.2 Å². The van der Waals surface area contributed by atoms with Gasteiger partial charge in [0.2, 0.25) is 0 Å². The Labute approximate surface area is 100 Å². The predicted molar refractivity (Wildman–Crippen MR) is 65.9 cm³/mol. The highest BCUT2D eigenvalue weighted by molar-refractivity contribution is 7.13. The number of anilines is 1. The number of nitrogens with zero attached hydrogens (tertiary/aromatic N) is 2. The van der Waals surface area contributed by atoms with Gasteiger partial charge < -0.3 is 10.0 Å². The van der Waals surface area contributed by atoms with Crippen LogP contribution in [0.4, 0.5) is 5.13 Å². The van der Waals surface area contributed by atoms with Crippen LogP contribution in [0.1, 0.15) is 25.5 Å². The van der Waals surface area contributed by atoms with Crippen LogP contribution >= 0.6 is 11.3 Å². The molecule has 3 nitrogen and oxygen atoms in total. The van der Waals surface area contributed by atoms with Gasteiger partial charge in [-0.05, 0) is 25.2 Å². The van der Waals surface area contributed by atoms with Gasteiger partial charge >= 0.3 is 0 Å². The normalized spacial score (nSPS) is 33.4. The molecule has 1 aliphatic carbocycles. The zero-order valence-corrected chi connectivity index (χ0v) is 10.4. The second-order valence-corrected chi connectivity index (χ2v) is 5.79. The molecule has 1 N–H and O–H groups in total. The van der Waals surface area contributed by atoms with Crippen molar-refractivity contribution >= 4 is 16.5 Å². The van der Waals surface area contributed by atoms with E-state index in [1.807, 2.05) is 0 Å². The molecule has 1 saturated carbocycles. The molecular formula is C12H18N2OS. The SMILES string of the molecule is CCc1csc(N2CC3CCC(O)C3C2)n1. The third kappa shape index (κ3) is 1.64. The highest BCUT2D eigenvalue weighted by Crippen LogP contribution is 2.40. The lowest BCUT2D eigenvalue weighted by Crippen LogP contribution is -2.24. The lowest BCUT2D eigenvalue weighted by atomic mass is 10.00. The second kappa shape index (κ2) is 4.00. The van der Waals surface area contributed by atoms with Gasteiger partial charge in [-0.25, -0.2) is 4.98 Å². The number of rotatable bonds is 2. The number of aliphatic hydroxyl groups is 1. The van der Waals surface area contributed by atoms with Crippen molar-refractivity contribution in [3.8, 4) is 0 Å². The van der Waals surface area contributed by atoms with Crippen molar-refractivity contribution in [3.63, 3.8) is 0 Å². The van der Waals surface area contributed by atoms with E-state index in [0.717, 1.165) is 31.1 Å². The van der Waals surface area contributed by atoms with Crippen LogP contribution in [0.5, 0.6) is 0 Å². The summed E-state index contributed by atoms with van der Waals surface area (Å²) in [7, 11) is 0.